The van der Waals surface area contributed by atoms with E-state index in [1.54, 1.807) is 0 Å². The number of anilines is 1. The predicted octanol–water partition coefficient (Wildman–Crippen LogP) is 2.22. The third-order valence-corrected chi connectivity index (χ3v) is 4.40. The lowest BCUT2D eigenvalue weighted by atomic mass is 10.2. The quantitative estimate of drug-likeness (QED) is 0.883. The number of thiophene rings is 1. The summed E-state index contributed by atoms with van der Waals surface area (Å²) in [4.78, 5) is 2.51. The Balaban J connectivity index is 1.56. The summed E-state index contributed by atoms with van der Waals surface area (Å²) in [6.07, 6.45) is 0. The predicted molar refractivity (Wildman–Crippen MR) is 79.6 cm³/mol. The van der Waals surface area contributed by atoms with Crippen LogP contribution in [0.5, 0.6) is 0 Å². The normalized spacial score (nSPS) is 17.1. The van der Waals surface area contributed by atoms with E-state index < -0.39 is 0 Å². The Hall–Kier alpha value is -1.10. The number of hydrogen-bond acceptors (Lipinski definition) is 4. The first-order valence-electron chi connectivity index (χ1n) is 6.57. The number of benzene rings is 1. The molecule has 0 bridgehead atoms. The van der Waals surface area contributed by atoms with E-state index in [1.807, 2.05) is 11.3 Å². The Labute approximate surface area is 112 Å². The van der Waals surface area contributed by atoms with E-state index >= 15 is 0 Å². The van der Waals surface area contributed by atoms with Gasteiger partial charge in [0.1, 0.15) is 0 Å². The van der Waals surface area contributed by atoms with Gasteiger partial charge in [-0.15, -0.1) is 11.3 Å². The minimum Gasteiger partial charge on any atom is -0.383 e. The summed E-state index contributed by atoms with van der Waals surface area (Å²) >= 11 is 1.81. The maximum atomic E-state index is 3.56. The van der Waals surface area contributed by atoms with Crippen LogP contribution in [0.2, 0.25) is 0 Å². The van der Waals surface area contributed by atoms with Crippen molar-refractivity contribution in [2.45, 2.75) is 0 Å². The van der Waals surface area contributed by atoms with E-state index in [9.17, 15) is 0 Å². The average molecular weight is 261 g/mol. The molecule has 2 aromatic rings. The molecule has 2 N–H and O–H groups in total. The van der Waals surface area contributed by atoms with Gasteiger partial charge in [0.2, 0.25) is 0 Å². The van der Waals surface area contributed by atoms with Crippen molar-refractivity contribution >= 4 is 27.1 Å². The summed E-state index contributed by atoms with van der Waals surface area (Å²) < 4.78 is 1.36. The van der Waals surface area contributed by atoms with Crippen LogP contribution in [-0.2, 0) is 0 Å². The van der Waals surface area contributed by atoms with E-state index in [2.05, 4.69) is 45.2 Å². The molecule has 96 valence electrons. The molecule has 0 unspecified atom stereocenters. The van der Waals surface area contributed by atoms with Crippen molar-refractivity contribution in [1.29, 1.82) is 0 Å². The van der Waals surface area contributed by atoms with Crippen LogP contribution >= 0.6 is 11.3 Å². The molecule has 0 aliphatic carbocycles. The molecule has 3 nitrogen and oxygen atoms in total. The minimum absolute atomic E-state index is 1.03. The van der Waals surface area contributed by atoms with Gasteiger partial charge in [-0.3, -0.25) is 4.90 Å². The Morgan fingerprint density at radius 3 is 2.94 bits per heavy atom. The highest BCUT2D eigenvalue weighted by atomic mass is 32.1. The largest absolute Gasteiger partial charge is 0.383 e. The molecule has 3 rings (SSSR count). The molecule has 0 atom stereocenters. The van der Waals surface area contributed by atoms with Crippen molar-refractivity contribution < 1.29 is 0 Å². The Morgan fingerprint density at radius 2 is 2.06 bits per heavy atom. The number of hydrogen-bond donors (Lipinski definition) is 2. The molecule has 1 aromatic carbocycles. The van der Waals surface area contributed by atoms with Crippen LogP contribution in [0, 0.1) is 0 Å². The molecular weight excluding hydrogens is 242 g/mol. The van der Waals surface area contributed by atoms with Crippen LogP contribution in [0.3, 0.4) is 0 Å². The minimum atomic E-state index is 1.03. The highest BCUT2D eigenvalue weighted by Gasteiger charge is 2.09. The molecule has 0 amide bonds. The molecule has 0 radical (unpaired) electrons. The van der Waals surface area contributed by atoms with Crippen LogP contribution in [-0.4, -0.2) is 44.2 Å². The smallest absolute Gasteiger partial charge is 0.0529 e. The van der Waals surface area contributed by atoms with E-state index in [0.29, 0.717) is 0 Å². The molecule has 1 aromatic heterocycles. The molecule has 4 heteroatoms. The Kier molecular flexibility index (Phi) is 3.78. The topological polar surface area (TPSA) is 27.3 Å². The molecular formula is C14H19N3S. The number of piperazine rings is 1. The molecule has 18 heavy (non-hydrogen) atoms. The number of nitrogens with one attached hydrogen (secondary N) is 2. The summed E-state index contributed by atoms with van der Waals surface area (Å²) in [5, 5.41) is 10.5. The number of rotatable bonds is 4. The fourth-order valence-electron chi connectivity index (χ4n) is 2.40. The van der Waals surface area contributed by atoms with Gasteiger partial charge in [0.05, 0.1) is 5.69 Å². The molecule has 0 spiro atoms. The van der Waals surface area contributed by atoms with Crippen molar-refractivity contribution in [2.24, 2.45) is 0 Å². The maximum Gasteiger partial charge on any atom is 0.0529 e. The first kappa shape index (κ1) is 12.0. The summed E-state index contributed by atoms with van der Waals surface area (Å²) in [7, 11) is 0. The van der Waals surface area contributed by atoms with Crippen molar-refractivity contribution in [3.8, 4) is 0 Å². The molecule has 1 saturated heterocycles. The molecule has 1 aliphatic heterocycles. The average Bonchev–Trinajstić information content (AvgIpc) is 2.84. The van der Waals surface area contributed by atoms with E-state index in [1.165, 1.54) is 28.9 Å². The third-order valence-electron chi connectivity index (χ3n) is 3.43. The van der Waals surface area contributed by atoms with Gasteiger partial charge in [-0.05, 0) is 6.07 Å². The van der Waals surface area contributed by atoms with Gasteiger partial charge in [0.25, 0.3) is 0 Å². The maximum absolute atomic E-state index is 3.56. The third kappa shape index (κ3) is 2.66. The first-order chi connectivity index (χ1) is 8.93. The van der Waals surface area contributed by atoms with Gasteiger partial charge in [-0.2, -0.15) is 0 Å². The lowest BCUT2D eigenvalue weighted by Crippen LogP contribution is -2.45. The van der Waals surface area contributed by atoms with E-state index in [-0.39, 0.29) is 0 Å². The zero-order valence-electron chi connectivity index (χ0n) is 10.5. The summed E-state index contributed by atoms with van der Waals surface area (Å²) in [6, 6.07) is 8.58. The first-order valence-corrected chi connectivity index (χ1v) is 7.44. The van der Waals surface area contributed by atoms with Crippen LogP contribution < -0.4 is 10.6 Å². The fourth-order valence-corrected chi connectivity index (χ4v) is 3.32. The molecule has 1 aliphatic rings. The van der Waals surface area contributed by atoms with Gasteiger partial charge in [-0.25, -0.2) is 0 Å². The van der Waals surface area contributed by atoms with Crippen molar-refractivity contribution in [3.63, 3.8) is 0 Å². The van der Waals surface area contributed by atoms with Crippen LogP contribution in [0.1, 0.15) is 0 Å². The monoisotopic (exact) mass is 261 g/mol. The summed E-state index contributed by atoms with van der Waals surface area (Å²) in [6.45, 7) is 6.76. The lowest BCUT2D eigenvalue weighted by Gasteiger charge is -2.27. The van der Waals surface area contributed by atoms with Gasteiger partial charge < -0.3 is 10.6 Å². The van der Waals surface area contributed by atoms with Crippen LogP contribution in [0.15, 0.2) is 29.6 Å². The number of fused-ring (bicyclic) bond motifs is 1. The zero-order valence-corrected chi connectivity index (χ0v) is 11.3. The van der Waals surface area contributed by atoms with E-state index in [0.717, 1.165) is 26.2 Å². The van der Waals surface area contributed by atoms with Gasteiger partial charge in [0.15, 0.2) is 0 Å². The fraction of sp³-hybridized carbons (Fsp3) is 0.429. The summed E-state index contributed by atoms with van der Waals surface area (Å²) in [5.41, 5.74) is 1.28. The highest BCUT2D eigenvalue weighted by molar-refractivity contribution is 7.17. The highest BCUT2D eigenvalue weighted by Crippen LogP contribution is 2.29. The van der Waals surface area contributed by atoms with Gasteiger partial charge in [0, 0.05) is 54.7 Å². The lowest BCUT2D eigenvalue weighted by molar-refractivity contribution is 0.249. The van der Waals surface area contributed by atoms with Crippen molar-refractivity contribution in [2.75, 3.05) is 44.6 Å². The molecule has 0 saturated carbocycles. The van der Waals surface area contributed by atoms with Crippen LogP contribution in [0.25, 0.3) is 10.1 Å². The SMILES string of the molecule is c1ccc2c(NCCN3CCNCC3)csc2c1. The molecule has 2 heterocycles. The van der Waals surface area contributed by atoms with Crippen LogP contribution in [0.4, 0.5) is 5.69 Å². The standard InChI is InChI=1S/C14H19N3S/c1-2-4-14-12(3-1)13(11-18-14)16-7-10-17-8-5-15-6-9-17/h1-4,11,15-16H,5-10H2. The van der Waals surface area contributed by atoms with Crippen molar-refractivity contribution in [1.82, 2.24) is 10.2 Å². The zero-order chi connectivity index (χ0) is 12.2. The van der Waals surface area contributed by atoms with Crippen molar-refractivity contribution in [3.05, 3.63) is 29.6 Å². The van der Waals surface area contributed by atoms with Gasteiger partial charge >= 0.3 is 0 Å². The number of nitrogens with zero attached hydrogens (tertiary/aromatic N) is 1. The summed E-state index contributed by atoms with van der Waals surface area (Å²) in [5.74, 6) is 0. The second-order valence-electron chi connectivity index (χ2n) is 4.66. The second-order valence-corrected chi connectivity index (χ2v) is 5.58. The Bertz CT molecular complexity index is 502. The van der Waals surface area contributed by atoms with Gasteiger partial charge in [-0.1, -0.05) is 18.2 Å². The second kappa shape index (κ2) is 5.69. The Morgan fingerprint density at radius 1 is 1.22 bits per heavy atom. The molecule has 1 fully saturated rings. The van der Waals surface area contributed by atoms with E-state index in [4.69, 9.17) is 0 Å².